The van der Waals surface area contributed by atoms with Crippen LogP contribution in [0.2, 0.25) is 0 Å². The standard InChI is InChI=1S/C21H21F2N3O4S2/c1-13-25-19(12-31-13)20-5-2-15(30-20)11-24-21(27)14-6-8-26(9-7-14)32(28,29)16-3-4-17(22)18(23)10-16/h2-5,10,12,14H,6-9,11H2,1H3,(H,24,27). The van der Waals surface area contributed by atoms with Gasteiger partial charge in [-0.1, -0.05) is 0 Å². The zero-order chi connectivity index (χ0) is 22.9. The first-order chi connectivity index (χ1) is 15.2. The molecule has 1 N–H and O–H groups in total. The van der Waals surface area contributed by atoms with E-state index in [4.69, 9.17) is 4.42 Å². The maximum absolute atomic E-state index is 13.4. The summed E-state index contributed by atoms with van der Waals surface area (Å²) >= 11 is 1.52. The number of aromatic nitrogens is 1. The van der Waals surface area contributed by atoms with Crippen molar-refractivity contribution in [3.63, 3.8) is 0 Å². The first-order valence-corrected chi connectivity index (χ1v) is 12.3. The summed E-state index contributed by atoms with van der Waals surface area (Å²) in [6, 6.07) is 6.09. The van der Waals surface area contributed by atoms with Crippen LogP contribution >= 0.6 is 11.3 Å². The van der Waals surface area contributed by atoms with Crippen LogP contribution in [-0.2, 0) is 21.4 Å². The van der Waals surface area contributed by atoms with Crippen LogP contribution in [0.25, 0.3) is 11.5 Å². The molecule has 0 atom stereocenters. The van der Waals surface area contributed by atoms with Crippen LogP contribution in [0.4, 0.5) is 8.78 Å². The predicted molar refractivity (Wildman–Crippen MR) is 114 cm³/mol. The van der Waals surface area contributed by atoms with Crippen LogP contribution in [-0.4, -0.2) is 36.7 Å². The predicted octanol–water partition coefficient (Wildman–Crippen LogP) is 3.71. The summed E-state index contributed by atoms with van der Waals surface area (Å²) in [5.74, 6) is -1.62. The molecule has 3 aromatic rings. The number of hydrogen-bond donors (Lipinski definition) is 1. The van der Waals surface area contributed by atoms with Gasteiger partial charge in [-0.25, -0.2) is 22.2 Å². The number of nitrogens with one attached hydrogen (secondary N) is 1. The number of piperidine rings is 1. The van der Waals surface area contributed by atoms with Crippen molar-refractivity contribution in [2.75, 3.05) is 13.1 Å². The Morgan fingerprint density at radius 1 is 1.22 bits per heavy atom. The Bertz CT molecular complexity index is 1230. The molecule has 3 heterocycles. The van der Waals surface area contributed by atoms with Crippen LogP contribution < -0.4 is 5.32 Å². The fourth-order valence-electron chi connectivity index (χ4n) is 3.55. The third kappa shape index (κ3) is 4.74. The average molecular weight is 482 g/mol. The summed E-state index contributed by atoms with van der Waals surface area (Å²) in [5.41, 5.74) is 0.750. The first-order valence-electron chi connectivity index (χ1n) is 9.98. The lowest BCUT2D eigenvalue weighted by atomic mass is 9.97. The van der Waals surface area contributed by atoms with Gasteiger partial charge in [0.2, 0.25) is 15.9 Å². The minimum atomic E-state index is -3.95. The zero-order valence-corrected chi connectivity index (χ0v) is 18.8. The summed E-state index contributed by atoms with van der Waals surface area (Å²) in [7, 11) is -3.95. The number of aryl methyl sites for hydroxylation is 1. The van der Waals surface area contributed by atoms with Gasteiger partial charge in [0.05, 0.1) is 16.4 Å². The number of sulfonamides is 1. The van der Waals surface area contributed by atoms with Gasteiger partial charge in [0.15, 0.2) is 17.4 Å². The summed E-state index contributed by atoms with van der Waals surface area (Å²) in [4.78, 5) is 16.6. The highest BCUT2D eigenvalue weighted by Gasteiger charge is 2.32. The summed E-state index contributed by atoms with van der Waals surface area (Å²) < 4.78 is 58.8. The minimum Gasteiger partial charge on any atom is -0.458 e. The lowest BCUT2D eigenvalue weighted by Gasteiger charge is -2.30. The molecule has 1 aromatic carbocycles. The number of hydrogen-bond acceptors (Lipinski definition) is 6. The minimum absolute atomic E-state index is 0.119. The molecule has 4 rings (SSSR count). The number of nitrogens with zero attached hydrogens (tertiary/aromatic N) is 2. The van der Waals surface area contributed by atoms with Gasteiger partial charge in [-0.15, -0.1) is 11.3 Å². The van der Waals surface area contributed by atoms with E-state index in [-0.39, 0.29) is 36.4 Å². The Labute approximate surface area is 188 Å². The SMILES string of the molecule is Cc1nc(-c2ccc(CNC(=O)C3CCN(S(=O)(=O)c4ccc(F)c(F)c4)CC3)o2)cs1. The molecule has 1 aliphatic heterocycles. The number of carbonyl (C=O) groups is 1. The van der Waals surface area contributed by atoms with Crippen molar-refractivity contribution < 1.29 is 26.4 Å². The van der Waals surface area contributed by atoms with E-state index in [0.717, 1.165) is 22.8 Å². The van der Waals surface area contributed by atoms with E-state index in [2.05, 4.69) is 10.3 Å². The second kappa shape index (κ2) is 9.08. The quantitative estimate of drug-likeness (QED) is 0.580. The second-order valence-electron chi connectivity index (χ2n) is 7.49. The monoisotopic (exact) mass is 481 g/mol. The van der Waals surface area contributed by atoms with Crippen molar-refractivity contribution in [3.8, 4) is 11.5 Å². The number of thiazole rings is 1. The summed E-state index contributed by atoms with van der Waals surface area (Å²) in [6.45, 7) is 2.36. The second-order valence-corrected chi connectivity index (χ2v) is 10.5. The third-order valence-electron chi connectivity index (χ3n) is 5.32. The maximum atomic E-state index is 13.4. The van der Waals surface area contributed by atoms with Crippen molar-refractivity contribution >= 4 is 27.3 Å². The highest BCUT2D eigenvalue weighted by atomic mass is 32.2. The van der Waals surface area contributed by atoms with Crippen molar-refractivity contribution in [1.82, 2.24) is 14.6 Å². The molecule has 0 spiro atoms. The molecule has 0 saturated carbocycles. The fraction of sp³-hybridized carbons (Fsp3) is 0.333. The number of rotatable bonds is 6. The Morgan fingerprint density at radius 3 is 2.62 bits per heavy atom. The van der Waals surface area contributed by atoms with E-state index in [1.54, 1.807) is 12.1 Å². The molecule has 11 heteroatoms. The van der Waals surface area contributed by atoms with E-state index in [1.807, 2.05) is 12.3 Å². The Morgan fingerprint density at radius 2 is 1.97 bits per heavy atom. The lowest BCUT2D eigenvalue weighted by molar-refractivity contribution is -0.126. The van der Waals surface area contributed by atoms with Crippen molar-refractivity contribution in [1.29, 1.82) is 0 Å². The average Bonchev–Trinajstić information content (AvgIpc) is 3.43. The van der Waals surface area contributed by atoms with Gasteiger partial charge in [-0.05, 0) is 50.1 Å². The molecule has 0 radical (unpaired) electrons. The Balaban J connectivity index is 1.31. The van der Waals surface area contributed by atoms with Crippen molar-refractivity contribution in [3.05, 3.63) is 58.1 Å². The lowest BCUT2D eigenvalue weighted by Crippen LogP contribution is -2.42. The van der Waals surface area contributed by atoms with E-state index >= 15 is 0 Å². The van der Waals surface area contributed by atoms with Crippen LogP contribution in [0.15, 0.2) is 45.0 Å². The molecule has 7 nitrogen and oxygen atoms in total. The Kier molecular flexibility index (Phi) is 6.40. The third-order valence-corrected chi connectivity index (χ3v) is 7.99. The number of amides is 1. The molecule has 0 unspecified atom stereocenters. The summed E-state index contributed by atoms with van der Waals surface area (Å²) in [5, 5.41) is 5.66. The van der Waals surface area contributed by atoms with Crippen LogP contribution in [0, 0.1) is 24.5 Å². The molecule has 1 fully saturated rings. The number of benzene rings is 1. The maximum Gasteiger partial charge on any atom is 0.243 e. The van der Waals surface area contributed by atoms with Crippen LogP contribution in [0.1, 0.15) is 23.6 Å². The Hall–Kier alpha value is -2.63. The highest BCUT2D eigenvalue weighted by Crippen LogP contribution is 2.26. The molecule has 0 aliphatic carbocycles. The molecule has 1 saturated heterocycles. The van der Waals surface area contributed by atoms with Crippen LogP contribution in [0.5, 0.6) is 0 Å². The molecule has 2 aromatic heterocycles. The van der Waals surface area contributed by atoms with E-state index < -0.39 is 21.7 Å². The fourth-order valence-corrected chi connectivity index (χ4v) is 5.63. The van der Waals surface area contributed by atoms with Gasteiger partial charge in [0, 0.05) is 24.4 Å². The molecule has 1 amide bonds. The largest absolute Gasteiger partial charge is 0.458 e. The van der Waals surface area contributed by atoms with Crippen molar-refractivity contribution in [2.45, 2.75) is 31.2 Å². The molecule has 32 heavy (non-hydrogen) atoms. The van der Waals surface area contributed by atoms with E-state index in [9.17, 15) is 22.0 Å². The van der Waals surface area contributed by atoms with Crippen molar-refractivity contribution in [2.24, 2.45) is 5.92 Å². The zero-order valence-electron chi connectivity index (χ0n) is 17.2. The number of halogens is 2. The van der Waals surface area contributed by atoms with Gasteiger partial charge >= 0.3 is 0 Å². The molecule has 1 aliphatic rings. The molecule has 170 valence electrons. The first kappa shape index (κ1) is 22.6. The van der Waals surface area contributed by atoms with Gasteiger partial charge in [0.25, 0.3) is 0 Å². The van der Waals surface area contributed by atoms with Gasteiger partial charge in [-0.3, -0.25) is 4.79 Å². The topological polar surface area (TPSA) is 92.5 Å². The molecule has 0 bridgehead atoms. The summed E-state index contributed by atoms with van der Waals surface area (Å²) in [6.07, 6.45) is 0.659. The number of furan rings is 1. The smallest absolute Gasteiger partial charge is 0.243 e. The van der Waals surface area contributed by atoms with Gasteiger partial charge in [-0.2, -0.15) is 4.31 Å². The molecular weight excluding hydrogens is 460 g/mol. The highest BCUT2D eigenvalue weighted by molar-refractivity contribution is 7.89. The van der Waals surface area contributed by atoms with Gasteiger partial charge < -0.3 is 9.73 Å². The van der Waals surface area contributed by atoms with E-state index in [0.29, 0.717) is 30.4 Å². The van der Waals surface area contributed by atoms with Gasteiger partial charge in [0.1, 0.15) is 11.5 Å². The normalized spacial score (nSPS) is 15.7. The van der Waals surface area contributed by atoms with Crippen LogP contribution in [0.3, 0.4) is 0 Å². The molecular formula is C21H21F2N3O4S2. The number of carbonyl (C=O) groups excluding carboxylic acids is 1. The van der Waals surface area contributed by atoms with E-state index in [1.165, 1.54) is 15.6 Å².